The molecule has 43 heavy (non-hydrogen) atoms. The normalized spacial score (nSPS) is 32.7. The molecule has 2 aromatic carbocycles. The minimum Gasteiger partial charge on any atom is -0.491 e. The van der Waals surface area contributed by atoms with Crippen molar-refractivity contribution in [1.29, 1.82) is 0 Å². The average Bonchev–Trinajstić information content (AvgIpc) is 3.58. The zero-order chi connectivity index (χ0) is 42.7. The Bertz CT molecular complexity index is 1870. The van der Waals surface area contributed by atoms with E-state index in [9.17, 15) is 27.1 Å². The fourth-order valence-electron chi connectivity index (χ4n) is 4.59. The molecule has 2 unspecified atom stereocenters. The zero-order valence-electron chi connectivity index (χ0n) is 36.3. The number of fused-ring (bicyclic) bond motifs is 1. The van der Waals surface area contributed by atoms with Crippen molar-refractivity contribution in [1.82, 2.24) is 4.31 Å². The van der Waals surface area contributed by atoms with Gasteiger partial charge in [-0.15, -0.1) is 0 Å². The number of sulfonamides is 1. The summed E-state index contributed by atoms with van der Waals surface area (Å²) in [6.45, 7) is -12.7. The number of halogens is 2. The molecule has 0 spiro atoms. The summed E-state index contributed by atoms with van der Waals surface area (Å²) in [4.78, 5) is 12.5. The van der Waals surface area contributed by atoms with Crippen molar-refractivity contribution in [3.8, 4) is 5.75 Å². The van der Waals surface area contributed by atoms with Crippen LogP contribution in [0.15, 0.2) is 47.4 Å². The minimum atomic E-state index is -5.44. The zero-order valence-corrected chi connectivity index (χ0v) is 24.1. The number of esters is 1. The van der Waals surface area contributed by atoms with Crippen molar-refractivity contribution in [2.45, 2.75) is 76.3 Å². The van der Waals surface area contributed by atoms with Gasteiger partial charge in [0.15, 0.2) is 17.9 Å². The molecule has 9 nitrogen and oxygen atoms in total. The summed E-state index contributed by atoms with van der Waals surface area (Å²) >= 11 is 0. The van der Waals surface area contributed by atoms with Gasteiger partial charge in [0.1, 0.15) is 11.8 Å². The van der Waals surface area contributed by atoms with E-state index in [0.717, 1.165) is 6.92 Å². The lowest BCUT2D eigenvalue weighted by Crippen LogP contribution is -2.43. The van der Waals surface area contributed by atoms with Gasteiger partial charge in [0, 0.05) is 31.3 Å². The Balaban J connectivity index is 1.75. The predicted octanol–water partition coefficient (Wildman–Crippen LogP) is 4.31. The number of aliphatic hydroxyl groups is 1. The molecular weight excluding hydrogens is 584 g/mol. The molecule has 2 aliphatic heterocycles. The molecule has 12 heteroatoms. The molecular formula is C31H41F2NO8S. The van der Waals surface area contributed by atoms with E-state index in [4.69, 9.17) is 36.8 Å². The minimum absolute atomic E-state index is 0.0613. The quantitative estimate of drug-likeness (QED) is 0.305. The fraction of sp³-hybridized carbons (Fsp3) is 0.581. The second-order valence-electron chi connectivity index (χ2n) is 10.1. The Labute approximate surface area is 270 Å². The second kappa shape index (κ2) is 14.4. The molecule has 0 aromatic heterocycles. The Morgan fingerprint density at radius 2 is 2.00 bits per heavy atom. The van der Waals surface area contributed by atoms with Crippen LogP contribution in [0.2, 0.25) is 0 Å². The van der Waals surface area contributed by atoms with E-state index in [1.54, 1.807) is 0 Å². The van der Waals surface area contributed by atoms with Crippen LogP contribution in [0.4, 0.5) is 8.78 Å². The molecule has 0 bridgehead atoms. The second-order valence-corrected chi connectivity index (χ2v) is 11.9. The Morgan fingerprint density at radius 3 is 2.70 bits per heavy atom. The molecule has 0 amide bonds. The highest BCUT2D eigenvalue weighted by Crippen LogP contribution is 2.34. The summed E-state index contributed by atoms with van der Waals surface area (Å²) in [5.74, 6) is -10.4. The maximum atomic E-state index is 14.3. The lowest BCUT2D eigenvalue weighted by atomic mass is 9.90. The van der Waals surface area contributed by atoms with Crippen LogP contribution in [0.25, 0.3) is 0 Å². The van der Waals surface area contributed by atoms with Crippen molar-refractivity contribution in [3.63, 3.8) is 0 Å². The van der Waals surface area contributed by atoms with Gasteiger partial charge in [-0.05, 0) is 68.4 Å². The van der Waals surface area contributed by atoms with E-state index in [0.29, 0.717) is 19.1 Å². The number of ether oxygens (including phenoxy) is 4. The molecule has 4 rings (SSSR count). The van der Waals surface area contributed by atoms with E-state index >= 15 is 0 Å². The molecule has 1 N–H and O–H groups in total. The van der Waals surface area contributed by atoms with Gasteiger partial charge in [0.2, 0.25) is 10.0 Å². The molecule has 0 radical (unpaired) electrons. The first-order chi connectivity index (χ1) is 25.3. The van der Waals surface area contributed by atoms with Gasteiger partial charge in [0.05, 0.1) is 48.1 Å². The highest BCUT2D eigenvalue weighted by molar-refractivity contribution is 7.89. The fourth-order valence-corrected chi connectivity index (χ4v) is 5.95. The molecule has 7 atom stereocenters. The summed E-state index contributed by atoms with van der Waals surface area (Å²) in [5.41, 5.74) is 0.241. The van der Waals surface area contributed by atoms with Crippen LogP contribution >= 0.6 is 0 Å². The topological polar surface area (TPSA) is 112 Å². The lowest BCUT2D eigenvalue weighted by Gasteiger charge is -2.30. The molecule has 0 saturated carbocycles. The number of hydrogen-bond donors (Lipinski definition) is 1. The van der Waals surface area contributed by atoms with Gasteiger partial charge >= 0.3 is 5.97 Å². The smallest absolute Gasteiger partial charge is 0.306 e. The van der Waals surface area contributed by atoms with Gasteiger partial charge < -0.3 is 24.1 Å². The van der Waals surface area contributed by atoms with Gasteiger partial charge in [-0.3, -0.25) is 4.79 Å². The molecule has 2 aromatic rings. The number of benzene rings is 2. The number of carbonyl (C=O) groups excluding carboxylic acids is 1. The molecule has 0 aliphatic carbocycles. The van der Waals surface area contributed by atoms with Gasteiger partial charge in [-0.2, -0.15) is 4.31 Å². The summed E-state index contributed by atoms with van der Waals surface area (Å²) in [6.07, 6.45) is -9.67. The van der Waals surface area contributed by atoms with Crippen molar-refractivity contribution in [3.05, 3.63) is 59.7 Å². The van der Waals surface area contributed by atoms with Crippen molar-refractivity contribution in [2.75, 3.05) is 26.2 Å². The highest BCUT2D eigenvalue weighted by Gasteiger charge is 2.44. The van der Waals surface area contributed by atoms with Crippen molar-refractivity contribution >= 4 is 16.0 Å². The van der Waals surface area contributed by atoms with Crippen LogP contribution in [0.3, 0.4) is 0 Å². The SMILES string of the molecule is [2H]C([2H])([2H])C([2H])(C)Oc1ccc(C[C@H](CC(=O)O[C@]2([2H])[C@@H]3CCO[C@@H]3OC2([2H])[2H])[C@H](O)CN(C([2H])([2H])C([2H])(C)C([2H])([2H])[2H])S(=O)(=O)c2ccc(F)c(F)c2)cc1. The average molecular weight is 639 g/mol. The molecule has 2 saturated heterocycles. The monoisotopic (exact) mass is 638 g/mol. The van der Waals surface area contributed by atoms with Crippen LogP contribution in [-0.2, 0) is 35.4 Å². The largest absolute Gasteiger partial charge is 0.491 e. The Morgan fingerprint density at radius 1 is 1.23 bits per heavy atom. The number of carbonyl (C=O) groups is 1. The van der Waals surface area contributed by atoms with Crippen LogP contribution in [0.1, 0.15) is 63.8 Å². The number of nitrogens with zero attached hydrogens (tertiary/aromatic N) is 1. The molecule has 2 aliphatic rings. The summed E-state index contributed by atoms with van der Waals surface area (Å²) in [6, 6.07) is 6.31. The van der Waals surface area contributed by atoms with Gasteiger partial charge in [-0.25, -0.2) is 17.2 Å². The van der Waals surface area contributed by atoms with Crippen LogP contribution in [0, 0.1) is 29.4 Å². The number of hydrogen-bond acceptors (Lipinski definition) is 8. The third kappa shape index (κ3) is 8.72. The van der Waals surface area contributed by atoms with E-state index in [-0.39, 0.29) is 34.7 Å². The third-order valence-corrected chi connectivity index (χ3v) is 8.34. The third-order valence-electron chi connectivity index (χ3n) is 6.67. The van der Waals surface area contributed by atoms with Gasteiger partial charge in [-0.1, -0.05) is 25.9 Å². The lowest BCUT2D eigenvalue weighted by molar-refractivity contribution is -0.153. The van der Waals surface area contributed by atoms with E-state index in [1.807, 2.05) is 0 Å². The first kappa shape index (κ1) is 19.7. The summed E-state index contributed by atoms with van der Waals surface area (Å²) in [5, 5.41) is 11.7. The van der Waals surface area contributed by atoms with Crippen LogP contribution in [0.5, 0.6) is 5.75 Å². The van der Waals surface area contributed by atoms with Crippen molar-refractivity contribution in [2.24, 2.45) is 17.7 Å². The Kier molecular flexibility index (Phi) is 6.60. The molecule has 238 valence electrons. The van der Waals surface area contributed by atoms with Crippen LogP contribution in [-0.4, -0.2) is 74.6 Å². The maximum Gasteiger partial charge on any atom is 0.306 e. The maximum absolute atomic E-state index is 14.3. The molecule has 2 heterocycles. The molecule has 2 fully saturated rings. The summed E-state index contributed by atoms with van der Waals surface area (Å²) < 4.78 is 182. The van der Waals surface area contributed by atoms with Crippen molar-refractivity contribution < 1.29 is 63.9 Å². The summed E-state index contributed by atoms with van der Waals surface area (Å²) in [7, 11) is -5.44. The van der Waals surface area contributed by atoms with Gasteiger partial charge in [0.25, 0.3) is 0 Å². The first-order valence-electron chi connectivity index (χ1n) is 19.7. The highest BCUT2D eigenvalue weighted by atomic mass is 32.2. The predicted molar refractivity (Wildman–Crippen MR) is 154 cm³/mol. The van der Waals surface area contributed by atoms with Crippen LogP contribution < -0.4 is 4.74 Å². The standard InChI is InChI=1S/C31H41F2NO8S/c1-19(2)16-34(43(37,38)24-9-10-26(32)27(33)15-24)17-28(35)22(13-21-5-7-23(8-6-21)41-20(3)4)14-30(36)42-29-18-40-31-25(29)11-12-39-31/h5-10,15,19-20,22,25,28-29,31,35H,11-14,16-18H2,1-4H3/t22-,25+,28-,29+,31-/m1/s1/i1D3,3D3,16D2,18D2,19D,20D,29D/t19?,20?,22-,25+,28-,29+,31-. The Hall–Kier alpha value is -2.64. The number of aliphatic hydroxyl groups excluding tert-OH is 1. The first-order valence-corrected chi connectivity index (χ1v) is 14.7. The van der Waals surface area contributed by atoms with E-state index in [1.165, 1.54) is 24.3 Å². The van der Waals surface area contributed by atoms with E-state index < -0.39 is 121 Å². The van der Waals surface area contributed by atoms with E-state index in [2.05, 4.69) is 0 Å². The number of rotatable bonds is 14.